The number of benzene rings is 1. The number of methoxy groups -OCH3 is 1. The molecule has 0 unspecified atom stereocenters. The van der Waals surface area contributed by atoms with Gasteiger partial charge in [0.2, 0.25) is 0 Å². The van der Waals surface area contributed by atoms with Crippen LogP contribution in [0.4, 0.5) is 0 Å². The molecule has 5 heteroatoms. The first-order valence-electron chi connectivity index (χ1n) is 10.2. The van der Waals surface area contributed by atoms with E-state index in [4.69, 9.17) is 4.74 Å². The van der Waals surface area contributed by atoms with Crippen molar-refractivity contribution in [1.82, 2.24) is 5.32 Å². The molecule has 3 N–H and O–H groups in total. The number of amides is 1. The van der Waals surface area contributed by atoms with Crippen molar-refractivity contribution in [3.8, 4) is 5.75 Å². The Balaban J connectivity index is 1.74. The SMILES string of the molecule is COc1ccc(C[NH+]2CC[NH+](CC(=O)NC(C)(C)CC(C)(C)C)CC2)cc1. The summed E-state index contributed by atoms with van der Waals surface area (Å²) in [7, 11) is 1.70. The van der Waals surface area contributed by atoms with Gasteiger partial charge in [-0.05, 0) is 49.9 Å². The van der Waals surface area contributed by atoms with E-state index < -0.39 is 0 Å². The van der Waals surface area contributed by atoms with E-state index in [9.17, 15) is 4.79 Å². The van der Waals surface area contributed by atoms with Crippen molar-refractivity contribution in [3.05, 3.63) is 29.8 Å². The summed E-state index contributed by atoms with van der Waals surface area (Å²) in [6.07, 6.45) is 0.973. The maximum atomic E-state index is 12.5. The second-order valence-electron chi connectivity index (χ2n) is 9.87. The van der Waals surface area contributed by atoms with Crippen molar-refractivity contribution in [2.45, 2.75) is 53.1 Å². The van der Waals surface area contributed by atoms with E-state index in [-0.39, 0.29) is 16.9 Å². The summed E-state index contributed by atoms with van der Waals surface area (Å²) in [5.41, 5.74) is 1.40. The second kappa shape index (κ2) is 9.07. The van der Waals surface area contributed by atoms with Gasteiger partial charge in [0.1, 0.15) is 38.5 Å². The first-order valence-corrected chi connectivity index (χ1v) is 10.2. The number of hydrogen-bond acceptors (Lipinski definition) is 2. The molecule has 1 aromatic rings. The van der Waals surface area contributed by atoms with E-state index in [0.717, 1.165) is 44.9 Å². The summed E-state index contributed by atoms with van der Waals surface area (Å²) in [4.78, 5) is 15.5. The average molecular weight is 378 g/mol. The third kappa shape index (κ3) is 7.89. The molecule has 0 radical (unpaired) electrons. The third-order valence-electron chi connectivity index (χ3n) is 5.14. The Labute approximate surface area is 165 Å². The summed E-state index contributed by atoms with van der Waals surface area (Å²) in [6, 6.07) is 8.35. The highest BCUT2D eigenvalue weighted by Crippen LogP contribution is 2.26. The van der Waals surface area contributed by atoms with Gasteiger partial charge in [-0.25, -0.2) is 0 Å². The fourth-order valence-corrected chi connectivity index (χ4v) is 4.36. The Bertz CT molecular complexity index is 597. The maximum absolute atomic E-state index is 12.5. The van der Waals surface area contributed by atoms with Gasteiger partial charge < -0.3 is 19.9 Å². The molecule has 0 atom stereocenters. The van der Waals surface area contributed by atoms with Gasteiger partial charge in [0.25, 0.3) is 5.91 Å². The van der Waals surface area contributed by atoms with Gasteiger partial charge in [-0.15, -0.1) is 0 Å². The molecule has 0 aromatic heterocycles. The second-order valence-corrected chi connectivity index (χ2v) is 9.87. The molecule has 2 rings (SSSR count). The van der Waals surface area contributed by atoms with Gasteiger partial charge >= 0.3 is 0 Å². The van der Waals surface area contributed by atoms with Crippen LogP contribution in [0.5, 0.6) is 5.75 Å². The highest BCUT2D eigenvalue weighted by molar-refractivity contribution is 5.77. The zero-order chi connectivity index (χ0) is 20.1. The first kappa shape index (κ1) is 21.7. The lowest BCUT2D eigenvalue weighted by molar-refractivity contribution is -1.02. The fraction of sp³-hybridized carbons (Fsp3) is 0.682. The predicted molar refractivity (Wildman–Crippen MR) is 109 cm³/mol. The molecule has 1 aromatic carbocycles. The topological polar surface area (TPSA) is 47.2 Å². The van der Waals surface area contributed by atoms with Gasteiger partial charge in [-0.3, -0.25) is 4.79 Å². The van der Waals surface area contributed by atoms with Crippen LogP contribution in [0.2, 0.25) is 0 Å². The van der Waals surface area contributed by atoms with Crippen LogP contribution in [-0.2, 0) is 11.3 Å². The van der Waals surface area contributed by atoms with Crippen LogP contribution in [0.15, 0.2) is 24.3 Å². The van der Waals surface area contributed by atoms with E-state index in [1.54, 1.807) is 12.0 Å². The van der Waals surface area contributed by atoms with Crippen molar-refractivity contribution in [1.29, 1.82) is 0 Å². The predicted octanol–water partition coefficient (Wildman–Crippen LogP) is 0.310. The number of rotatable bonds is 7. The Hall–Kier alpha value is -1.59. The molecule has 0 aliphatic carbocycles. The molecular formula is C22H39N3O2+2. The van der Waals surface area contributed by atoms with Gasteiger partial charge in [-0.1, -0.05) is 20.8 Å². The molecule has 5 nitrogen and oxygen atoms in total. The van der Waals surface area contributed by atoms with E-state index in [1.807, 2.05) is 12.1 Å². The highest BCUT2D eigenvalue weighted by Gasteiger charge is 2.30. The Kier molecular flexibility index (Phi) is 7.29. The van der Waals surface area contributed by atoms with Crippen LogP contribution < -0.4 is 19.9 Å². The Morgan fingerprint density at radius 2 is 1.56 bits per heavy atom. The summed E-state index contributed by atoms with van der Waals surface area (Å²) in [5.74, 6) is 1.08. The van der Waals surface area contributed by atoms with Crippen LogP contribution >= 0.6 is 0 Å². The van der Waals surface area contributed by atoms with E-state index >= 15 is 0 Å². The van der Waals surface area contributed by atoms with E-state index in [1.165, 1.54) is 10.5 Å². The zero-order valence-electron chi connectivity index (χ0n) is 18.1. The molecule has 0 bridgehead atoms. The maximum Gasteiger partial charge on any atom is 0.275 e. The lowest BCUT2D eigenvalue weighted by Crippen LogP contribution is -3.28. The third-order valence-corrected chi connectivity index (χ3v) is 5.14. The van der Waals surface area contributed by atoms with Crippen molar-refractivity contribution >= 4 is 5.91 Å². The van der Waals surface area contributed by atoms with E-state index in [2.05, 4.69) is 52.1 Å². The molecule has 1 amide bonds. The molecular weight excluding hydrogens is 338 g/mol. The number of carbonyl (C=O) groups excluding carboxylic acids is 1. The zero-order valence-corrected chi connectivity index (χ0v) is 18.1. The quantitative estimate of drug-likeness (QED) is 0.641. The Morgan fingerprint density at radius 3 is 2.07 bits per heavy atom. The summed E-state index contributed by atoms with van der Waals surface area (Å²) < 4.78 is 5.22. The molecule has 1 heterocycles. The molecule has 0 saturated carbocycles. The van der Waals surface area contributed by atoms with Crippen LogP contribution in [0.1, 0.15) is 46.6 Å². The normalized spacial score (nSPS) is 21.0. The molecule has 1 saturated heterocycles. The van der Waals surface area contributed by atoms with Gasteiger partial charge in [0.15, 0.2) is 6.54 Å². The monoisotopic (exact) mass is 377 g/mol. The number of quaternary nitrogens is 2. The number of piperazine rings is 1. The summed E-state index contributed by atoms with van der Waals surface area (Å²) >= 11 is 0. The van der Waals surface area contributed by atoms with Crippen LogP contribution in [0.3, 0.4) is 0 Å². The van der Waals surface area contributed by atoms with E-state index in [0.29, 0.717) is 6.54 Å². The highest BCUT2D eigenvalue weighted by atomic mass is 16.5. The lowest BCUT2D eigenvalue weighted by Gasteiger charge is -2.34. The fourth-order valence-electron chi connectivity index (χ4n) is 4.36. The molecule has 1 fully saturated rings. The molecule has 152 valence electrons. The molecule has 27 heavy (non-hydrogen) atoms. The van der Waals surface area contributed by atoms with Crippen molar-refractivity contribution in [2.75, 3.05) is 39.8 Å². The molecule has 1 aliphatic heterocycles. The van der Waals surface area contributed by atoms with Gasteiger partial charge in [0, 0.05) is 11.1 Å². The van der Waals surface area contributed by atoms with Crippen molar-refractivity contribution in [2.24, 2.45) is 5.41 Å². The minimum absolute atomic E-state index is 0.157. The number of hydrogen-bond donors (Lipinski definition) is 3. The smallest absolute Gasteiger partial charge is 0.275 e. The largest absolute Gasteiger partial charge is 0.497 e. The average Bonchev–Trinajstić information content (AvgIpc) is 2.54. The number of carbonyl (C=O) groups is 1. The van der Waals surface area contributed by atoms with Crippen molar-refractivity contribution < 1.29 is 19.3 Å². The van der Waals surface area contributed by atoms with Crippen LogP contribution in [0.25, 0.3) is 0 Å². The summed E-state index contributed by atoms with van der Waals surface area (Å²) in [5, 5.41) is 3.24. The first-order chi connectivity index (χ1) is 12.6. The summed E-state index contributed by atoms with van der Waals surface area (Å²) in [6.45, 7) is 16.9. The van der Waals surface area contributed by atoms with Gasteiger partial charge in [0.05, 0.1) is 7.11 Å². The van der Waals surface area contributed by atoms with Gasteiger partial charge in [-0.2, -0.15) is 0 Å². The number of nitrogens with one attached hydrogen (secondary N) is 3. The number of ether oxygens (including phenoxy) is 1. The minimum atomic E-state index is -0.157. The lowest BCUT2D eigenvalue weighted by atomic mass is 9.82. The Morgan fingerprint density at radius 1 is 1.00 bits per heavy atom. The van der Waals surface area contributed by atoms with Crippen molar-refractivity contribution in [3.63, 3.8) is 0 Å². The minimum Gasteiger partial charge on any atom is -0.497 e. The molecule has 1 aliphatic rings. The molecule has 0 spiro atoms. The van der Waals surface area contributed by atoms with Crippen LogP contribution in [-0.4, -0.2) is 51.3 Å². The standard InChI is InChI=1S/C22H37N3O2/c1-21(2,3)17-22(4,5)23-20(26)16-25-13-11-24(12-14-25)15-18-7-9-19(27-6)10-8-18/h7-10H,11-17H2,1-6H3,(H,23,26)/p+2. The van der Waals surface area contributed by atoms with Crippen LogP contribution in [0, 0.1) is 5.41 Å².